The summed E-state index contributed by atoms with van der Waals surface area (Å²) < 4.78 is 5.68. The van der Waals surface area contributed by atoms with Gasteiger partial charge in [0, 0.05) is 23.9 Å². The van der Waals surface area contributed by atoms with Gasteiger partial charge in [0.25, 0.3) is 0 Å². The second-order valence-corrected chi connectivity index (χ2v) is 16.3. The number of ether oxygens (including phenoxy) is 1. The van der Waals surface area contributed by atoms with E-state index in [0.29, 0.717) is 0 Å². The van der Waals surface area contributed by atoms with Gasteiger partial charge in [-0.15, -0.1) is 5.41 Å². The molecule has 41 heavy (non-hydrogen) atoms. The Kier molecular flexibility index (Phi) is 7.57. The predicted molar refractivity (Wildman–Crippen MR) is 156 cm³/mol. The monoisotopic (exact) mass is 552 g/mol. The maximum Gasteiger partial charge on any atom is 1.00 e. The van der Waals surface area contributed by atoms with Gasteiger partial charge in [-0.3, -0.25) is 15.5 Å². The molecule has 0 amide bonds. The van der Waals surface area contributed by atoms with E-state index in [4.69, 9.17) is 4.74 Å². The predicted octanol–water partition coefficient (Wildman–Crippen LogP) is 3.50. The normalized spacial score (nSPS) is 43.7. The molecule has 0 aromatic rings. The summed E-state index contributed by atoms with van der Waals surface area (Å²) in [7, 11) is 0. The molecule has 6 rings (SSSR count). The van der Waals surface area contributed by atoms with Crippen LogP contribution in [0.15, 0.2) is 23.3 Å². The average molecular weight is 553 g/mol. The van der Waals surface area contributed by atoms with Crippen LogP contribution in [0.2, 0.25) is 0 Å². The maximum absolute atomic E-state index is 14.6. The third-order valence-corrected chi connectivity index (χ3v) is 13.3. The third kappa shape index (κ3) is 4.29. The average Bonchev–Trinajstić information content (AvgIpc) is 2.89. The van der Waals surface area contributed by atoms with Gasteiger partial charge in [-0.25, -0.2) is 0 Å². The molecule has 1 aliphatic heterocycles. The number of morpholine rings is 1. The topological polar surface area (TPSA) is 70.4 Å². The summed E-state index contributed by atoms with van der Waals surface area (Å²) in [6.45, 7) is 20.5. The summed E-state index contributed by atoms with van der Waals surface area (Å²) in [5.74, 6) is 1.79. The second kappa shape index (κ2) is 9.92. The molecule has 3 saturated carbocycles. The van der Waals surface area contributed by atoms with Crippen LogP contribution in [0.1, 0.15) is 93.4 Å². The minimum Gasteiger partial charge on any atom is -0.379 e. The summed E-state index contributed by atoms with van der Waals surface area (Å²) in [5.41, 5.74) is 0.320. The molecular formula is C35H49LiN2O3. The van der Waals surface area contributed by atoms with Gasteiger partial charge in [-0.1, -0.05) is 97.1 Å². The van der Waals surface area contributed by atoms with Crippen LogP contribution in [-0.2, 0) is 14.3 Å². The van der Waals surface area contributed by atoms with Gasteiger partial charge in [0.05, 0.1) is 18.8 Å². The fourth-order valence-corrected chi connectivity index (χ4v) is 10.8. The molecule has 1 saturated heterocycles. The number of rotatable bonds is 2. The van der Waals surface area contributed by atoms with Gasteiger partial charge < -0.3 is 9.64 Å². The van der Waals surface area contributed by atoms with E-state index in [-0.39, 0.29) is 69.5 Å². The number of nitrogens with zero attached hydrogens (tertiary/aromatic N) is 2. The first-order valence-corrected chi connectivity index (χ1v) is 15.7. The number of hydrogen-bond donors (Lipinski definition) is 0. The number of nitriles is 1. The second-order valence-electron chi connectivity index (χ2n) is 16.3. The third-order valence-electron chi connectivity index (χ3n) is 13.3. The summed E-state index contributed by atoms with van der Waals surface area (Å²) in [6.07, 6.45) is 11.5. The molecule has 1 heterocycles. The molecule has 4 fully saturated rings. The maximum atomic E-state index is 14.6. The zero-order valence-electron chi connectivity index (χ0n) is 26.9. The van der Waals surface area contributed by atoms with Crippen molar-refractivity contribution in [2.75, 3.05) is 32.8 Å². The summed E-state index contributed by atoms with van der Waals surface area (Å²) in [5, 5.41) is 9.95. The van der Waals surface area contributed by atoms with Crippen molar-refractivity contribution >= 4 is 11.6 Å². The largest absolute Gasteiger partial charge is 1.00 e. The van der Waals surface area contributed by atoms with E-state index in [1.54, 1.807) is 0 Å². The van der Waals surface area contributed by atoms with Gasteiger partial charge in [-0.05, 0) is 42.2 Å². The Labute approximate surface area is 260 Å². The molecular weight excluding hydrogens is 503 g/mol. The number of carbonyl (C=O) groups is 2. The first-order valence-electron chi connectivity index (χ1n) is 15.7. The van der Waals surface area contributed by atoms with Crippen molar-refractivity contribution in [2.45, 2.75) is 93.4 Å². The van der Waals surface area contributed by atoms with Gasteiger partial charge in [0.1, 0.15) is 11.9 Å². The van der Waals surface area contributed by atoms with Gasteiger partial charge in [-0.2, -0.15) is 11.7 Å². The fraction of sp³-hybridized carbons (Fsp3) is 0.771. The van der Waals surface area contributed by atoms with Crippen molar-refractivity contribution in [3.05, 3.63) is 29.2 Å². The van der Waals surface area contributed by atoms with Crippen LogP contribution in [-0.4, -0.2) is 49.3 Å². The zero-order valence-corrected chi connectivity index (χ0v) is 26.9. The molecule has 0 N–H and O–H groups in total. The molecule has 0 spiro atoms. The molecule has 0 aromatic heterocycles. The SMILES string of the molecule is CC1(C)CC[C@]2(CN3CCOCC3)CC[C@]3(C)[C@H](C(=O)C=C4[C@@]5(C)C=C(C#N)C(=O)C(C)(C)C5CC[C@]43C)[C-]2C1.[Li+]. The Morgan fingerprint density at radius 2 is 1.66 bits per heavy atom. The minimum atomic E-state index is -0.625. The van der Waals surface area contributed by atoms with Crippen molar-refractivity contribution in [3.63, 3.8) is 0 Å². The Hall–Kier alpha value is -1.17. The molecule has 1 unspecified atom stereocenters. The van der Waals surface area contributed by atoms with Crippen LogP contribution in [0.25, 0.3) is 0 Å². The van der Waals surface area contributed by atoms with E-state index >= 15 is 0 Å². The number of hydrogen-bond acceptors (Lipinski definition) is 5. The van der Waals surface area contributed by atoms with Crippen molar-refractivity contribution in [1.82, 2.24) is 4.90 Å². The summed E-state index contributed by atoms with van der Waals surface area (Å²) in [6, 6.07) is 2.22. The molecule has 6 aliphatic rings. The summed E-state index contributed by atoms with van der Waals surface area (Å²) in [4.78, 5) is 30.5. The van der Waals surface area contributed by atoms with Gasteiger partial charge in [0.2, 0.25) is 0 Å². The van der Waals surface area contributed by atoms with E-state index in [1.807, 2.05) is 26.0 Å². The van der Waals surface area contributed by atoms with Crippen LogP contribution in [0, 0.1) is 61.6 Å². The first-order chi connectivity index (χ1) is 18.6. The first kappa shape index (κ1) is 31.3. The van der Waals surface area contributed by atoms with Crippen molar-refractivity contribution < 1.29 is 33.2 Å². The molecule has 5 nitrogen and oxygen atoms in total. The van der Waals surface area contributed by atoms with Crippen LogP contribution in [0.5, 0.6) is 0 Å². The molecule has 0 radical (unpaired) electrons. The molecule has 6 heteroatoms. The zero-order chi connectivity index (χ0) is 28.9. The number of carbonyl (C=O) groups excluding carboxylic acids is 2. The van der Waals surface area contributed by atoms with E-state index < -0.39 is 10.8 Å². The smallest absolute Gasteiger partial charge is 0.379 e. The Balaban J connectivity index is 0.00000337. The van der Waals surface area contributed by atoms with Crippen LogP contribution in [0.3, 0.4) is 0 Å². The van der Waals surface area contributed by atoms with Crippen molar-refractivity contribution in [3.8, 4) is 6.07 Å². The minimum absolute atomic E-state index is 0. The Morgan fingerprint density at radius 1 is 1.00 bits per heavy atom. The van der Waals surface area contributed by atoms with E-state index in [1.165, 1.54) is 24.3 Å². The Morgan fingerprint density at radius 3 is 2.32 bits per heavy atom. The quantitative estimate of drug-likeness (QED) is 0.388. The Bertz CT molecular complexity index is 1240. The molecule has 0 bridgehead atoms. The van der Waals surface area contributed by atoms with Crippen molar-refractivity contribution in [1.29, 1.82) is 5.26 Å². The van der Waals surface area contributed by atoms with E-state index in [2.05, 4.69) is 45.6 Å². The van der Waals surface area contributed by atoms with Gasteiger partial charge in [0.15, 0.2) is 5.78 Å². The molecule has 218 valence electrons. The summed E-state index contributed by atoms with van der Waals surface area (Å²) >= 11 is 0. The fourth-order valence-electron chi connectivity index (χ4n) is 10.8. The van der Waals surface area contributed by atoms with E-state index in [0.717, 1.165) is 65.0 Å². The van der Waals surface area contributed by atoms with Gasteiger partial charge >= 0.3 is 18.9 Å². The van der Waals surface area contributed by atoms with Crippen LogP contribution in [0.4, 0.5) is 0 Å². The molecule has 5 aliphatic carbocycles. The number of ketones is 2. The number of allylic oxidation sites excluding steroid dienone is 4. The number of fused-ring (bicyclic) bond motifs is 7. The van der Waals surface area contributed by atoms with Crippen molar-refractivity contribution in [2.24, 2.45) is 44.3 Å². The molecule has 6 atom stereocenters. The van der Waals surface area contributed by atoms with Crippen LogP contribution >= 0.6 is 0 Å². The van der Waals surface area contributed by atoms with E-state index in [9.17, 15) is 14.9 Å². The molecule has 0 aromatic carbocycles. The standard InChI is InChI=1S/C35H49N2O3.Li/c1-30(2)10-12-35(22-37-14-16-40-17-15-37)13-11-34(7)28(24(35)20-30)25(38)18-27-32(5)19-23(21-36)29(39)31(3,4)26(32)8-9-33(27,34)6;/h18-19,26,28H,8-17,20,22H2,1-7H3;/q-1;+1/t26?,28-,32-,33+,34+,35+;/m0./s1. The number of Topliss-reactive ketones (excluding diaryl/α,β-unsaturated/α-hetero) is 1. The van der Waals surface area contributed by atoms with Crippen LogP contribution < -0.4 is 18.9 Å².